The van der Waals surface area contributed by atoms with Gasteiger partial charge < -0.3 is 19.5 Å². The Kier molecular flexibility index (Phi) is 7.03. The number of benzene rings is 2. The van der Waals surface area contributed by atoms with E-state index in [-0.39, 0.29) is 23.9 Å². The van der Waals surface area contributed by atoms with Crippen molar-refractivity contribution in [3.05, 3.63) is 51.9 Å². The molecule has 4 rings (SSSR count). The molecule has 176 valence electrons. The van der Waals surface area contributed by atoms with E-state index in [0.717, 1.165) is 26.9 Å². The van der Waals surface area contributed by atoms with Gasteiger partial charge in [0.25, 0.3) is 17.1 Å². The number of rotatable bonds is 8. The molecule has 2 heterocycles. The molecule has 1 saturated heterocycles. The first kappa shape index (κ1) is 23.6. The third kappa shape index (κ3) is 4.70. The van der Waals surface area contributed by atoms with Crippen molar-refractivity contribution in [3.63, 3.8) is 0 Å². The first-order valence-electron chi connectivity index (χ1n) is 10.1. The highest BCUT2D eigenvalue weighted by Gasteiger charge is 2.34. The van der Waals surface area contributed by atoms with Crippen molar-refractivity contribution in [1.29, 1.82) is 0 Å². The van der Waals surface area contributed by atoms with Gasteiger partial charge in [-0.3, -0.25) is 19.3 Å². The van der Waals surface area contributed by atoms with Crippen molar-refractivity contribution in [2.75, 3.05) is 34.4 Å². The van der Waals surface area contributed by atoms with Crippen LogP contribution in [0.2, 0.25) is 0 Å². The Morgan fingerprint density at radius 1 is 1.09 bits per heavy atom. The Labute approximate surface area is 203 Å². The molecule has 0 radical (unpaired) electrons. The molecule has 11 heteroatoms. The first-order chi connectivity index (χ1) is 16.4. The van der Waals surface area contributed by atoms with Crippen molar-refractivity contribution in [2.24, 2.45) is 0 Å². The fourth-order valence-electron chi connectivity index (χ4n) is 3.41. The maximum Gasteiger partial charge on any atom is 0.293 e. The van der Waals surface area contributed by atoms with E-state index < -0.39 is 11.1 Å². The predicted octanol–water partition coefficient (Wildman–Crippen LogP) is 3.79. The van der Waals surface area contributed by atoms with Gasteiger partial charge >= 0.3 is 0 Å². The van der Waals surface area contributed by atoms with E-state index in [1.165, 1.54) is 32.7 Å². The van der Waals surface area contributed by atoms with E-state index in [2.05, 4.69) is 10.3 Å². The zero-order chi connectivity index (χ0) is 24.2. The first-order valence-corrected chi connectivity index (χ1v) is 11.8. The van der Waals surface area contributed by atoms with Gasteiger partial charge in [0.05, 0.1) is 42.0 Å². The summed E-state index contributed by atoms with van der Waals surface area (Å²) >= 11 is 2.29. The number of thioether (sulfide) groups is 1. The second-order valence-electron chi connectivity index (χ2n) is 7.08. The van der Waals surface area contributed by atoms with E-state index in [1.54, 1.807) is 41.9 Å². The minimum Gasteiger partial charge on any atom is -0.493 e. The molecule has 34 heavy (non-hydrogen) atoms. The molecule has 2 aromatic carbocycles. The molecule has 3 amide bonds. The lowest BCUT2D eigenvalue weighted by Gasteiger charge is -2.13. The number of hydrogen-bond donors (Lipinski definition) is 1. The van der Waals surface area contributed by atoms with Crippen LogP contribution in [0.4, 0.5) is 4.79 Å². The van der Waals surface area contributed by atoms with Crippen LogP contribution in [0.5, 0.6) is 17.2 Å². The molecule has 1 aliphatic heterocycles. The van der Waals surface area contributed by atoms with Gasteiger partial charge in [-0.2, -0.15) is 0 Å². The number of nitrogens with zero attached hydrogens (tertiary/aromatic N) is 2. The lowest BCUT2D eigenvalue weighted by Crippen LogP contribution is -2.37. The van der Waals surface area contributed by atoms with Gasteiger partial charge in [-0.25, -0.2) is 4.98 Å². The van der Waals surface area contributed by atoms with E-state index >= 15 is 0 Å². The Morgan fingerprint density at radius 2 is 1.82 bits per heavy atom. The summed E-state index contributed by atoms with van der Waals surface area (Å²) in [6.07, 6.45) is 1.60. The zero-order valence-electron chi connectivity index (χ0n) is 18.6. The molecular formula is C23H21N3O6S2. The predicted molar refractivity (Wildman–Crippen MR) is 131 cm³/mol. The number of fused-ring (bicyclic) bond motifs is 1. The summed E-state index contributed by atoms with van der Waals surface area (Å²) in [6, 6.07) is 8.62. The highest BCUT2D eigenvalue weighted by atomic mass is 32.2. The maximum absolute atomic E-state index is 12.8. The molecule has 0 aliphatic carbocycles. The number of aromatic nitrogens is 1. The van der Waals surface area contributed by atoms with Gasteiger partial charge in [0.15, 0.2) is 11.5 Å². The number of carbonyl (C=O) groups is 3. The second kappa shape index (κ2) is 10.1. The topological polar surface area (TPSA) is 107 Å². The maximum atomic E-state index is 12.8. The SMILES string of the molecule is COc1cc(/C=C2\SC(=O)N(CCNC(=O)c3ccc4ncsc4c3)C2=O)cc(OC)c1OC. The number of ether oxygens (including phenoxy) is 3. The molecular weight excluding hydrogens is 478 g/mol. The molecule has 1 aliphatic rings. The van der Waals surface area contributed by atoms with Crippen molar-refractivity contribution < 1.29 is 28.6 Å². The summed E-state index contributed by atoms with van der Waals surface area (Å²) in [6.45, 7) is 0.195. The second-order valence-corrected chi connectivity index (χ2v) is 8.96. The summed E-state index contributed by atoms with van der Waals surface area (Å²) < 4.78 is 16.9. The van der Waals surface area contributed by atoms with Gasteiger partial charge in [0, 0.05) is 18.7 Å². The van der Waals surface area contributed by atoms with Crippen LogP contribution in [0.25, 0.3) is 16.3 Å². The van der Waals surface area contributed by atoms with Crippen LogP contribution >= 0.6 is 23.1 Å². The van der Waals surface area contributed by atoms with Crippen molar-refractivity contribution in [1.82, 2.24) is 15.2 Å². The number of methoxy groups -OCH3 is 3. The summed E-state index contributed by atoms with van der Waals surface area (Å²) in [4.78, 5) is 43.3. The molecule has 0 saturated carbocycles. The van der Waals surface area contributed by atoms with Crippen molar-refractivity contribution in [3.8, 4) is 17.2 Å². The monoisotopic (exact) mass is 499 g/mol. The van der Waals surface area contributed by atoms with Crippen LogP contribution in [0.15, 0.2) is 40.7 Å². The van der Waals surface area contributed by atoms with E-state index in [9.17, 15) is 14.4 Å². The number of carbonyl (C=O) groups excluding carboxylic acids is 3. The Morgan fingerprint density at radius 3 is 2.50 bits per heavy atom. The Balaban J connectivity index is 1.42. The van der Waals surface area contributed by atoms with Gasteiger partial charge in [0.2, 0.25) is 5.75 Å². The van der Waals surface area contributed by atoms with Gasteiger partial charge in [0.1, 0.15) is 0 Å². The third-order valence-electron chi connectivity index (χ3n) is 5.07. The number of nitrogens with one attached hydrogen (secondary N) is 1. The number of thiazole rings is 1. The molecule has 1 aromatic heterocycles. The number of amides is 3. The number of imide groups is 1. The zero-order valence-corrected chi connectivity index (χ0v) is 20.2. The van der Waals surface area contributed by atoms with Crippen LogP contribution in [-0.2, 0) is 4.79 Å². The minimum absolute atomic E-state index is 0.0613. The standard InChI is InChI=1S/C23H21N3O6S2/c1-30-16-8-13(9-17(31-2)20(16)32-3)10-19-22(28)26(23(29)34-19)7-6-24-21(27)14-4-5-15-18(11-14)33-12-25-15/h4-5,8-12H,6-7H2,1-3H3,(H,24,27)/b19-10-. The molecule has 1 fully saturated rings. The fourth-order valence-corrected chi connectivity index (χ4v) is 4.99. The molecule has 0 bridgehead atoms. The Hall–Kier alpha value is -3.57. The normalized spacial score (nSPS) is 14.7. The summed E-state index contributed by atoms with van der Waals surface area (Å²) in [5.41, 5.74) is 3.66. The molecule has 9 nitrogen and oxygen atoms in total. The third-order valence-corrected chi connectivity index (χ3v) is 6.77. The highest BCUT2D eigenvalue weighted by molar-refractivity contribution is 8.18. The van der Waals surface area contributed by atoms with E-state index in [0.29, 0.717) is 28.4 Å². The quantitative estimate of drug-likeness (QED) is 0.467. The lowest BCUT2D eigenvalue weighted by atomic mass is 10.1. The average molecular weight is 500 g/mol. The summed E-state index contributed by atoms with van der Waals surface area (Å²) in [5.74, 6) is 0.595. The fraction of sp³-hybridized carbons (Fsp3) is 0.217. The molecule has 3 aromatic rings. The van der Waals surface area contributed by atoms with E-state index in [1.807, 2.05) is 0 Å². The smallest absolute Gasteiger partial charge is 0.293 e. The number of hydrogen-bond acceptors (Lipinski definition) is 9. The van der Waals surface area contributed by atoms with Crippen LogP contribution < -0.4 is 19.5 Å². The van der Waals surface area contributed by atoms with Crippen LogP contribution in [0.1, 0.15) is 15.9 Å². The molecule has 0 unspecified atom stereocenters. The summed E-state index contributed by atoms with van der Waals surface area (Å²) in [5, 5.41) is 2.36. The van der Waals surface area contributed by atoms with Crippen LogP contribution in [0.3, 0.4) is 0 Å². The van der Waals surface area contributed by atoms with Crippen LogP contribution in [-0.4, -0.2) is 61.4 Å². The van der Waals surface area contributed by atoms with Gasteiger partial charge in [-0.05, 0) is 53.7 Å². The average Bonchev–Trinajstić information content (AvgIpc) is 3.42. The van der Waals surface area contributed by atoms with Crippen molar-refractivity contribution in [2.45, 2.75) is 0 Å². The van der Waals surface area contributed by atoms with Gasteiger partial charge in [-0.1, -0.05) is 0 Å². The Bertz CT molecular complexity index is 1280. The van der Waals surface area contributed by atoms with Gasteiger partial charge in [-0.15, -0.1) is 11.3 Å². The van der Waals surface area contributed by atoms with E-state index in [4.69, 9.17) is 14.2 Å². The molecule has 0 atom stereocenters. The van der Waals surface area contributed by atoms with Crippen molar-refractivity contribution >= 4 is 56.4 Å². The summed E-state index contributed by atoms with van der Waals surface area (Å²) in [7, 11) is 4.50. The molecule has 1 N–H and O–H groups in total. The lowest BCUT2D eigenvalue weighted by molar-refractivity contribution is -0.122. The molecule has 0 spiro atoms. The minimum atomic E-state index is -0.427. The largest absolute Gasteiger partial charge is 0.493 e. The van der Waals surface area contributed by atoms with Crippen LogP contribution in [0, 0.1) is 0 Å². The highest BCUT2D eigenvalue weighted by Crippen LogP contribution is 2.40.